The van der Waals surface area contributed by atoms with Gasteiger partial charge >= 0.3 is 0 Å². The number of hydrogen-bond acceptors (Lipinski definition) is 6. The SMILES string of the molecule is c1ccc(C2NC(c3cccc4c3oc3ccc(-c5ccc6c(c5)oc5ccccc56)cc34)=NC(c3ccc4oc5ccccc5c4c3)N2)cc1. The van der Waals surface area contributed by atoms with E-state index in [1.807, 2.05) is 48.5 Å². The van der Waals surface area contributed by atoms with Gasteiger partial charge in [0.25, 0.3) is 0 Å². The van der Waals surface area contributed by atoms with E-state index in [0.717, 1.165) is 99.5 Å². The summed E-state index contributed by atoms with van der Waals surface area (Å²) in [4.78, 5) is 5.30. The Morgan fingerprint density at radius 2 is 1.06 bits per heavy atom. The smallest absolute Gasteiger partial charge is 0.146 e. The van der Waals surface area contributed by atoms with Crippen LogP contribution in [0.2, 0.25) is 0 Å². The van der Waals surface area contributed by atoms with Gasteiger partial charge in [-0.3, -0.25) is 5.32 Å². The van der Waals surface area contributed by atoms with E-state index in [1.54, 1.807) is 0 Å². The van der Waals surface area contributed by atoms with Gasteiger partial charge in [-0.25, -0.2) is 4.99 Å². The average molecular weight is 660 g/mol. The molecule has 6 nitrogen and oxygen atoms in total. The summed E-state index contributed by atoms with van der Waals surface area (Å²) in [5.74, 6) is 0.768. The van der Waals surface area contributed by atoms with Gasteiger partial charge in [-0.15, -0.1) is 0 Å². The Morgan fingerprint density at radius 1 is 0.431 bits per heavy atom. The van der Waals surface area contributed by atoms with Crippen LogP contribution >= 0.6 is 0 Å². The summed E-state index contributed by atoms with van der Waals surface area (Å²) in [5.41, 5.74) is 10.4. The maximum absolute atomic E-state index is 6.64. The molecule has 0 fully saturated rings. The Kier molecular flexibility index (Phi) is 6.05. The molecule has 3 aromatic heterocycles. The Bertz CT molecular complexity index is 3000. The zero-order chi connectivity index (χ0) is 33.5. The highest BCUT2D eigenvalue weighted by Gasteiger charge is 2.28. The maximum atomic E-state index is 6.64. The number of rotatable bonds is 4. The Labute approximate surface area is 291 Å². The first-order chi connectivity index (χ1) is 25.2. The molecule has 0 amide bonds. The number of benzene rings is 7. The average Bonchev–Trinajstić information content (AvgIpc) is 3.88. The molecule has 1 aliphatic rings. The zero-order valence-corrected chi connectivity index (χ0v) is 27.3. The summed E-state index contributed by atoms with van der Waals surface area (Å²) in [7, 11) is 0. The van der Waals surface area contributed by atoms with E-state index in [9.17, 15) is 0 Å². The van der Waals surface area contributed by atoms with Gasteiger partial charge < -0.3 is 18.6 Å². The number of fused-ring (bicyclic) bond motifs is 9. The summed E-state index contributed by atoms with van der Waals surface area (Å²) in [6.45, 7) is 0. The maximum Gasteiger partial charge on any atom is 0.146 e. The highest BCUT2D eigenvalue weighted by molar-refractivity contribution is 6.15. The highest BCUT2D eigenvalue weighted by Crippen LogP contribution is 2.38. The molecular formula is C45H29N3O3. The van der Waals surface area contributed by atoms with Crippen molar-refractivity contribution in [2.45, 2.75) is 12.3 Å². The monoisotopic (exact) mass is 659 g/mol. The molecule has 11 rings (SSSR count). The van der Waals surface area contributed by atoms with Crippen molar-refractivity contribution in [1.29, 1.82) is 0 Å². The van der Waals surface area contributed by atoms with Gasteiger partial charge in [0.2, 0.25) is 0 Å². The lowest BCUT2D eigenvalue weighted by atomic mass is 10.0. The van der Waals surface area contributed by atoms with Gasteiger partial charge in [0.05, 0.1) is 5.56 Å². The Morgan fingerprint density at radius 3 is 1.92 bits per heavy atom. The second kappa shape index (κ2) is 10.9. The van der Waals surface area contributed by atoms with Crippen LogP contribution in [0.15, 0.2) is 170 Å². The third-order valence-corrected chi connectivity index (χ3v) is 10.2. The van der Waals surface area contributed by atoms with Crippen molar-refractivity contribution in [2.75, 3.05) is 0 Å². The molecular weight excluding hydrogens is 631 g/mol. The van der Waals surface area contributed by atoms with E-state index < -0.39 is 0 Å². The molecule has 242 valence electrons. The minimum Gasteiger partial charge on any atom is -0.456 e. The van der Waals surface area contributed by atoms with Crippen LogP contribution in [0.1, 0.15) is 29.0 Å². The van der Waals surface area contributed by atoms with E-state index >= 15 is 0 Å². The minimum atomic E-state index is -0.316. The topological polar surface area (TPSA) is 75.8 Å². The predicted octanol–water partition coefficient (Wildman–Crippen LogP) is 11.4. The standard InChI is InChI=1S/C45H29N3O3/c1-2-9-26(10-3-1)43-46-44(29-19-22-39-35(24-29)31-12-5-7-16-38(31)49-39)48-45(47-43)34-14-8-13-33-36-23-27(18-21-40(36)51-42(33)34)28-17-20-32-30-11-4-6-15-37(30)50-41(32)25-28/h1-25,43-44,46H,(H,47,48). The zero-order valence-electron chi connectivity index (χ0n) is 27.3. The van der Waals surface area contributed by atoms with Crippen LogP contribution in [-0.4, -0.2) is 5.84 Å². The predicted molar refractivity (Wildman–Crippen MR) is 205 cm³/mol. The molecule has 0 aliphatic carbocycles. The first-order valence-corrected chi connectivity index (χ1v) is 17.2. The molecule has 6 heteroatoms. The van der Waals surface area contributed by atoms with Crippen LogP contribution in [0, 0.1) is 0 Å². The summed E-state index contributed by atoms with van der Waals surface area (Å²) in [6, 6.07) is 52.2. The van der Waals surface area contributed by atoms with Crippen LogP contribution in [0.4, 0.5) is 0 Å². The summed E-state index contributed by atoms with van der Waals surface area (Å²) in [5, 5.41) is 14.0. The van der Waals surface area contributed by atoms with Crippen molar-refractivity contribution in [3.05, 3.63) is 168 Å². The quantitative estimate of drug-likeness (QED) is 0.197. The fourth-order valence-electron chi connectivity index (χ4n) is 7.67. The molecule has 2 N–H and O–H groups in total. The highest BCUT2D eigenvalue weighted by atomic mass is 16.3. The lowest BCUT2D eigenvalue weighted by Gasteiger charge is -2.32. The molecule has 4 heterocycles. The van der Waals surface area contributed by atoms with E-state index in [0.29, 0.717) is 0 Å². The summed E-state index contributed by atoms with van der Waals surface area (Å²) in [6.07, 6.45) is -0.496. The van der Waals surface area contributed by atoms with Crippen molar-refractivity contribution < 1.29 is 13.3 Å². The van der Waals surface area contributed by atoms with Crippen molar-refractivity contribution >= 4 is 71.7 Å². The first kappa shape index (κ1) is 28.2. The lowest BCUT2D eigenvalue weighted by Crippen LogP contribution is -2.45. The Hall–Kier alpha value is -6.63. The lowest BCUT2D eigenvalue weighted by molar-refractivity contribution is 0.409. The molecule has 7 aromatic carbocycles. The fourth-order valence-corrected chi connectivity index (χ4v) is 7.67. The summed E-state index contributed by atoms with van der Waals surface area (Å²) >= 11 is 0. The van der Waals surface area contributed by atoms with Crippen molar-refractivity contribution in [3.8, 4) is 11.1 Å². The number of hydrogen-bond donors (Lipinski definition) is 2. The van der Waals surface area contributed by atoms with Gasteiger partial charge in [0.15, 0.2) is 0 Å². The molecule has 2 unspecified atom stereocenters. The molecule has 10 aromatic rings. The molecule has 0 saturated heterocycles. The van der Waals surface area contributed by atoms with Crippen molar-refractivity contribution in [3.63, 3.8) is 0 Å². The van der Waals surface area contributed by atoms with Crippen LogP contribution < -0.4 is 10.6 Å². The van der Waals surface area contributed by atoms with Gasteiger partial charge in [-0.05, 0) is 76.9 Å². The number of para-hydroxylation sites is 3. The molecule has 51 heavy (non-hydrogen) atoms. The second-order valence-corrected chi connectivity index (χ2v) is 13.2. The molecule has 0 radical (unpaired) electrons. The molecule has 0 bridgehead atoms. The second-order valence-electron chi connectivity index (χ2n) is 13.2. The van der Waals surface area contributed by atoms with E-state index in [2.05, 4.69) is 114 Å². The van der Waals surface area contributed by atoms with Gasteiger partial charge in [-0.1, -0.05) is 97.1 Å². The third-order valence-electron chi connectivity index (χ3n) is 10.2. The number of nitrogens with zero attached hydrogens (tertiary/aromatic N) is 1. The minimum absolute atomic E-state index is 0.181. The number of furan rings is 3. The fraction of sp³-hybridized carbons (Fsp3) is 0.0444. The van der Waals surface area contributed by atoms with Gasteiger partial charge in [0, 0.05) is 32.3 Å². The van der Waals surface area contributed by atoms with E-state index in [-0.39, 0.29) is 12.3 Å². The van der Waals surface area contributed by atoms with E-state index in [1.165, 1.54) is 0 Å². The van der Waals surface area contributed by atoms with E-state index in [4.69, 9.17) is 18.2 Å². The van der Waals surface area contributed by atoms with Gasteiger partial charge in [-0.2, -0.15) is 0 Å². The Balaban J connectivity index is 1.03. The molecule has 1 aliphatic heterocycles. The van der Waals surface area contributed by atoms with Crippen LogP contribution in [0.25, 0.3) is 76.9 Å². The van der Waals surface area contributed by atoms with Crippen LogP contribution in [0.3, 0.4) is 0 Å². The van der Waals surface area contributed by atoms with Crippen molar-refractivity contribution in [2.24, 2.45) is 4.99 Å². The van der Waals surface area contributed by atoms with Gasteiger partial charge in [0.1, 0.15) is 51.7 Å². The molecule has 0 spiro atoms. The van der Waals surface area contributed by atoms with Crippen LogP contribution in [-0.2, 0) is 0 Å². The van der Waals surface area contributed by atoms with Crippen LogP contribution in [0.5, 0.6) is 0 Å². The third kappa shape index (κ3) is 4.50. The summed E-state index contributed by atoms with van der Waals surface area (Å²) < 4.78 is 19.0. The first-order valence-electron chi connectivity index (χ1n) is 17.2. The van der Waals surface area contributed by atoms with Crippen molar-refractivity contribution in [1.82, 2.24) is 10.6 Å². The largest absolute Gasteiger partial charge is 0.456 e. The normalized spacial score (nSPS) is 16.4. The number of nitrogens with one attached hydrogen (secondary N) is 2. The molecule has 2 atom stereocenters. The molecule has 0 saturated carbocycles. The number of amidine groups is 1. The number of aliphatic imine (C=N–C) groups is 1.